The zero-order chi connectivity index (χ0) is 35.8. The van der Waals surface area contributed by atoms with Gasteiger partial charge in [0.1, 0.15) is 0 Å². The maximum Gasteiger partial charge on any atom is -0.000139 e. The van der Waals surface area contributed by atoms with E-state index in [9.17, 15) is 0 Å². The average Bonchev–Trinajstić information content (AvgIpc) is 3.26. The quantitative estimate of drug-likeness (QED) is 0.153. The zero-order valence-corrected chi connectivity index (χ0v) is 29.8. The van der Waals surface area contributed by atoms with E-state index in [0.29, 0.717) is 0 Å². The maximum atomic E-state index is 2.39. The van der Waals surface area contributed by atoms with Crippen LogP contribution in [-0.2, 0) is 0 Å². The molecule has 0 heterocycles. The van der Waals surface area contributed by atoms with Crippen LogP contribution >= 0.6 is 0 Å². The van der Waals surface area contributed by atoms with Crippen molar-refractivity contribution in [2.75, 3.05) is 0 Å². The van der Waals surface area contributed by atoms with Crippen molar-refractivity contribution < 1.29 is 0 Å². The highest BCUT2D eigenvalue weighted by atomic mass is 14.3. The van der Waals surface area contributed by atoms with Gasteiger partial charge in [-0.1, -0.05) is 206 Å². The van der Waals surface area contributed by atoms with Gasteiger partial charge in [0.05, 0.1) is 0 Å². The summed E-state index contributed by atoms with van der Waals surface area (Å²) in [5, 5.41) is 7.50. The molecule has 0 heteroatoms. The summed E-state index contributed by atoms with van der Waals surface area (Å²) in [4.78, 5) is 0. The molecule has 0 aliphatic heterocycles. The Bertz CT molecular complexity index is 2740. The molecule has 10 aromatic rings. The molecule has 54 heavy (non-hydrogen) atoms. The zero-order valence-electron chi connectivity index (χ0n) is 29.8. The maximum absolute atomic E-state index is 2.39. The van der Waals surface area contributed by atoms with Crippen molar-refractivity contribution in [2.24, 2.45) is 0 Å². The van der Waals surface area contributed by atoms with Crippen LogP contribution < -0.4 is 0 Å². The highest BCUT2D eigenvalue weighted by molar-refractivity contribution is 6.34. The Morgan fingerprint density at radius 1 is 0.167 bits per heavy atom. The molecule has 0 aliphatic rings. The topological polar surface area (TPSA) is 0 Å². The van der Waals surface area contributed by atoms with Gasteiger partial charge in [-0.05, 0) is 111 Å². The lowest BCUT2D eigenvalue weighted by Gasteiger charge is -2.25. The third-order valence-electron chi connectivity index (χ3n) is 10.8. The number of hydrogen-bond acceptors (Lipinski definition) is 0. The second-order valence-electron chi connectivity index (χ2n) is 14.0. The van der Waals surface area contributed by atoms with Crippen LogP contribution in [0.5, 0.6) is 0 Å². The standard InChI is InChI=1S/C54H36/c1-5-19-37(20-6-1)41-27-17-29-43(35-41)51-47-33-15-16-34-48(47)52(44-30-18-28-42(36-44)38-21-7-2-8-22-38)54-50(40-25-11-4-12-26-40)46-32-14-13-31-45(46)49(53(51)54)39-23-9-3-10-24-39/h1-36H. The summed E-state index contributed by atoms with van der Waals surface area (Å²) in [6, 6.07) is 79.8. The largest absolute Gasteiger partial charge is 0.0622 e. The summed E-state index contributed by atoms with van der Waals surface area (Å²) in [5.41, 5.74) is 14.7. The van der Waals surface area contributed by atoms with E-state index in [0.717, 1.165) is 0 Å². The third kappa shape index (κ3) is 5.40. The summed E-state index contributed by atoms with van der Waals surface area (Å²) in [7, 11) is 0. The molecule has 0 saturated carbocycles. The molecule has 0 radical (unpaired) electrons. The van der Waals surface area contributed by atoms with Gasteiger partial charge in [0, 0.05) is 0 Å². The van der Waals surface area contributed by atoms with E-state index in [-0.39, 0.29) is 0 Å². The molecular formula is C54H36. The van der Waals surface area contributed by atoms with Crippen molar-refractivity contribution in [2.45, 2.75) is 0 Å². The van der Waals surface area contributed by atoms with Gasteiger partial charge in [-0.25, -0.2) is 0 Å². The van der Waals surface area contributed by atoms with Gasteiger partial charge in [-0.2, -0.15) is 0 Å². The van der Waals surface area contributed by atoms with Crippen LogP contribution in [-0.4, -0.2) is 0 Å². The van der Waals surface area contributed by atoms with Crippen molar-refractivity contribution in [1.82, 2.24) is 0 Å². The smallest absolute Gasteiger partial charge is 0.000139 e. The minimum Gasteiger partial charge on any atom is -0.0622 e. The second-order valence-corrected chi connectivity index (χ2v) is 14.0. The average molecular weight is 685 g/mol. The van der Waals surface area contributed by atoms with Crippen molar-refractivity contribution >= 4 is 32.3 Å². The first-order valence-corrected chi connectivity index (χ1v) is 18.7. The Hall–Kier alpha value is -7.02. The van der Waals surface area contributed by atoms with E-state index in [1.807, 2.05) is 0 Å². The molecule has 0 nitrogen and oxygen atoms in total. The minimum absolute atomic E-state index is 1.20. The molecule has 0 fully saturated rings. The van der Waals surface area contributed by atoms with E-state index in [1.165, 1.54) is 99.1 Å². The van der Waals surface area contributed by atoms with Gasteiger partial charge in [0.15, 0.2) is 0 Å². The fourth-order valence-electron chi connectivity index (χ4n) is 8.51. The summed E-state index contributed by atoms with van der Waals surface area (Å²) in [5.74, 6) is 0. The van der Waals surface area contributed by atoms with Crippen LogP contribution in [0, 0.1) is 0 Å². The molecule has 10 rings (SSSR count). The molecule has 0 aromatic heterocycles. The van der Waals surface area contributed by atoms with Crippen LogP contribution in [0.2, 0.25) is 0 Å². The first-order valence-electron chi connectivity index (χ1n) is 18.7. The second kappa shape index (κ2) is 13.5. The summed E-state index contributed by atoms with van der Waals surface area (Å²) < 4.78 is 0. The molecule has 0 bridgehead atoms. The van der Waals surface area contributed by atoms with Crippen molar-refractivity contribution in [1.29, 1.82) is 0 Å². The lowest BCUT2D eigenvalue weighted by Crippen LogP contribution is -1.98. The van der Waals surface area contributed by atoms with E-state index in [1.54, 1.807) is 0 Å². The Balaban J connectivity index is 1.47. The summed E-state index contributed by atoms with van der Waals surface area (Å²) >= 11 is 0. The van der Waals surface area contributed by atoms with Crippen molar-refractivity contribution in [3.8, 4) is 66.8 Å². The Morgan fingerprint density at radius 3 is 0.741 bits per heavy atom. The molecule has 252 valence electrons. The molecule has 0 N–H and O–H groups in total. The predicted molar refractivity (Wildman–Crippen MR) is 232 cm³/mol. The number of benzene rings is 10. The third-order valence-corrected chi connectivity index (χ3v) is 10.8. The predicted octanol–water partition coefficient (Wildman–Crippen LogP) is 15.1. The van der Waals surface area contributed by atoms with Gasteiger partial charge in [0.2, 0.25) is 0 Å². The number of rotatable bonds is 6. The molecule has 0 saturated heterocycles. The number of fused-ring (bicyclic) bond motifs is 3. The summed E-state index contributed by atoms with van der Waals surface area (Å²) in [6.45, 7) is 0. The molecule has 0 unspecified atom stereocenters. The van der Waals surface area contributed by atoms with E-state index in [2.05, 4.69) is 218 Å². The van der Waals surface area contributed by atoms with Gasteiger partial charge < -0.3 is 0 Å². The number of hydrogen-bond donors (Lipinski definition) is 0. The highest BCUT2D eigenvalue weighted by Crippen LogP contribution is 2.54. The molecule has 0 aliphatic carbocycles. The van der Waals surface area contributed by atoms with E-state index < -0.39 is 0 Å². The van der Waals surface area contributed by atoms with Gasteiger partial charge >= 0.3 is 0 Å². The van der Waals surface area contributed by atoms with Crippen LogP contribution in [0.3, 0.4) is 0 Å². The fourth-order valence-corrected chi connectivity index (χ4v) is 8.51. The van der Waals surface area contributed by atoms with Crippen LogP contribution in [0.1, 0.15) is 0 Å². The Morgan fingerprint density at radius 2 is 0.407 bits per heavy atom. The highest BCUT2D eigenvalue weighted by Gasteiger charge is 2.26. The SMILES string of the molecule is c1ccc(-c2cccc(-c3c4ccccc4c(-c4cccc(-c5ccccc5)c4)c4c(-c5ccccc5)c5ccccc5c(-c5ccccc5)c34)c2)cc1. The molecule has 0 spiro atoms. The lowest BCUT2D eigenvalue weighted by atomic mass is 9.77. The monoisotopic (exact) mass is 684 g/mol. The van der Waals surface area contributed by atoms with E-state index in [4.69, 9.17) is 0 Å². The van der Waals surface area contributed by atoms with Gasteiger partial charge in [-0.15, -0.1) is 0 Å². The molecule has 10 aromatic carbocycles. The molecular weight excluding hydrogens is 649 g/mol. The normalized spacial score (nSPS) is 11.3. The summed E-state index contributed by atoms with van der Waals surface area (Å²) in [6.07, 6.45) is 0. The Labute approximate surface area is 316 Å². The van der Waals surface area contributed by atoms with Crippen molar-refractivity contribution in [3.05, 3.63) is 218 Å². The molecule has 0 amide bonds. The van der Waals surface area contributed by atoms with Gasteiger partial charge in [-0.3, -0.25) is 0 Å². The van der Waals surface area contributed by atoms with Gasteiger partial charge in [0.25, 0.3) is 0 Å². The first-order chi connectivity index (χ1) is 26.8. The minimum atomic E-state index is 1.20. The fraction of sp³-hybridized carbons (Fsp3) is 0. The van der Waals surface area contributed by atoms with Crippen LogP contribution in [0.15, 0.2) is 218 Å². The van der Waals surface area contributed by atoms with E-state index >= 15 is 0 Å². The van der Waals surface area contributed by atoms with Crippen LogP contribution in [0.4, 0.5) is 0 Å². The lowest BCUT2D eigenvalue weighted by molar-refractivity contribution is 1.60. The molecule has 0 atom stereocenters. The first kappa shape index (κ1) is 31.7. The van der Waals surface area contributed by atoms with Crippen LogP contribution in [0.25, 0.3) is 99.1 Å². The van der Waals surface area contributed by atoms with Crippen molar-refractivity contribution in [3.63, 3.8) is 0 Å². The Kier molecular flexibility index (Phi) is 7.93.